The molecule has 1 nitrogen and oxygen atoms in total. The zero-order chi connectivity index (χ0) is 12.4. The molecule has 3 rings (SSSR count). The van der Waals surface area contributed by atoms with Gasteiger partial charge in [0.2, 0.25) is 0 Å². The molecule has 1 aromatic heterocycles. The van der Waals surface area contributed by atoms with Crippen LogP contribution in [0.4, 0.5) is 0 Å². The second-order valence-electron chi connectivity index (χ2n) is 4.33. The maximum Gasteiger partial charge on any atom is 0.0497 e. The SMILES string of the molecule is ClCCc1c(-c2ccccc2)[nH]c2ccccc12. The summed E-state index contributed by atoms with van der Waals surface area (Å²) < 4.78 is 0. The lowest BCUT2D eigenvalue weighted by atomic mass is 10.0. The predicted octanol–water partition coefficient (Wildman–Crippen LogP) is 4.62. The highest BCUT2D eigenvalue weighted by Crippen LogP contribution is 2.30. The van der Waals surface area contributed by atoms with E-state index in [0.717, 1.165) is 6.42 Å². The Bertz CT molecular complexity index is 655. The maximum atomic E-state index is 5.94. The van der Waals surface area contributed by atoms with E-state index in [1.54, 1.807) is 0 Å². The molecule has 2 aromatic carbocycles. The van der Waals surface area contributed by atoms with Crippen LogP contribution in [0, 0.1) is 0 Å². The average molecular weight is 256 g/mol. The molecule has 0 saturated carbocycles. The van der Waals surface area contributed by atoms with Crippen LogP contribution in [-0.2, 0) is 6.42 Å². The highest BCUT2D eigenvalue weighted by atomic mass is 35.5. The maximum absolute atomic E-state index is 5.94. The topological polar surface area (TPSA) is 15.8 Å². The Morgan fingerprint density at radius 1 is 0.889 bits per heavy atom. The minimum atomic E-state index is 0.641. The third-order valence-corrected chi connectivity index (χ3v) is 3.41. The Morgan fingerprint density at radius 3 is 2.39 bits per heavy atom. The number of aryl methyl sites for hydroxylation is 1. The van der Waals surface area contributed by atoms with Crippen LogP contribution in [-0.4, -0.2) is 10.9 Å². The number of rotatable bonds is 3. The summed E-state index contributed by atoms with van der Waals surface area (Å²) in [5.74, 6) is 0.641. The third-order valence-electron chi connectivity index (χ3n) is 3.22. The number of benzene rings is 2. The molecule has 0 bridgehead atoms. The summed E-state index contributed by atoms with van der Waals surface area (Å²) in [5, 5.41) is 1.28. The first-order valence-electron chi connectivity index (χ1n) is 6.11. The summed E-state index contributed by atoms with van der Waals surface area (Å²) in [6.07, 6.45) is 0.885. The van der Waals surface area contributed by atoms with Crippen molar-refractivity contribution < 1.29 is 0 Å². The van der Waals surface area contributed by atoms with E-state index < -0.39 is 0 Å². The summed E-state index contributed by atoms with van der Waals surface area (Å²) in [6, 6.07) is 18.8. The molecule has 0 aliphatic carbocycles. The van der Waals surface area contributed by atoms with Gasteiger partial charge >= 0.3 is 0 Å². The lowest BCUT2D eigenvalue weighted by molar-refractivity contribution is 1.17. The molecule has 0 radical (unpaired) electrons. The molecule has 0 unspecified atom stereocenters. The molecule has 2 heteroatoms. The van der Waals surface area contributed by atoms with Crippen LogP contribution in [0.3, 0.4) is 0 Å². The van der Waals surface area contributed by atoms with Crippen molar-refractivity contribution in [3.05, 3.63) is 60.2 Å². The quantitative estimate of drug-likeness (QED) is 0.658. The van der Waals surface area contributed by atoms with Crippen molar-refractivity contribution in [3.8, 4) is 11.3 Å². The molecule has 1 N–H and O–H groups in total. The van der Waals surface area contributed by atoms with Crippen molar-refractivity contribution in [1.29, 1.82) is 0 Å². The second-order valence-corrected chi connectivity index (χ2v) is 4.71. The number of hydrogen-bond donors (Lipinski definition) is 1. The van der Waals surface area contributed by atoms with E-state index in [2.05, 4.69) is 53.5 Å². The molecule has 0 amide bonds. The lowest BCUT2D eigenvalue weighted by Crippen LogP contribution is -1.88. The Hall–Kier alpha value is -1.73. The number of halogens is 1. The monoisotopic (exact) mass is 255 g/mol. The van der Waals surface area contributed by atoms with Crippen molar-refractivity contribution in [2.75, 3.05) is 5.88 Å². The van der Waals surface area contributed by atoms with Crippen molar-refractivity contribution in [2.24, 2.45) is 0 Å². The van der Waals surface area contributed by atoms with Crippen molar-refractivity contribution >= 4 is 22.5 Å². The Balaban J connectivity index is 2.25. The Kier molecular flexibility index (Phi) is 3.07. The number of para-hydroxylation sites is 1. The van der Waals surface area contributed by atoms with Gasteiger partial charge < -0.3 is 4.98 Å². The van der Waals surface area contributed by atoms with Gasteiger partial charge in [0, 0.05) is 22.5 Å². The molecule has 0 saturated heterocycles. The minimum Gasteiger partial charge on any atom is -0.354 e. The minimum absolute atomic E-state index is 0.641. The molecule has 0 aliphatic heterocycles. The summed E-state index contributed by atoms with van der Waals surface area (Å²) >= 11 is 5.94. The number of hydrogen-bond acceptors (Lipinski definition) is 0. The van der Waals surface area contributed by atoms with Gasteiger partial charge in [0.15, 0.2) is 0 Å². The van der Waals surface area contributed by atoms with Crippen molar-refractivity contribution in [3.63, 3.8) is 0 Å². The largest absolute Gasteiger partial charge is 0.354 e. The van der Waals surface area contributed by atoms with E-state index in [1.807, 2.05) is 6.07 Å². The molecule has 0 atom stereocenters. The summed E-state index contributed by atoms with van der Waals surface area (Å²) in [5.41, 5.74) is 4.90. The number of H-pyrrole nitrogens is 1. The van der Waals surface area contributed by atoms with Gasteiger partial charge in [-0.25, -0.2) is 0 Å². The van der Waals surface area contributed by atoms with E-state index in [9.17, 15) is 0 Å². The van der Waals surface area contributed by atoms with Gasteiger partial charge in [-0.1, -0.05) is 48.5 Å². The average Bonchev–Trinajstić information content (AvgIpc) is 2.80. The molecule has 3 aromatic rings. The van der Waals surface area contributed by atoms with Crippen LogP contribution in [0.25, 0.3) is 22.2 Å². The fourth-order valence-electron chi connectivity index (χ4n) is 2.41. The molecular formula is C16H14ClN. The molecule has 18 heavy (non-hydrogen) atoms. The number of aromatic amines is 1. The van der Waals surface area contributed by atoms with Gasteiger partial charge in [0.25, 0.3) is 0 Å². The molecule has 1 heterocycles. The van der Waals surface area contributed by atoms with Gasteiger partial charge in [-0.2, -0.15) is 0 Å². The first-order valence-corrected chi connectivity index (χ1v) is 6.64. The predicted molar refractivity (Wildman–Crippen MR) is 78.2 cm³/mol. The van der Waals surface area contributed by atoms with E-state index in [-0.39, 0.29) is 0 Å². The summed E-state index contributed by atoms with van der Waals surface area (Å²) in [7, 11) is 0. The van der Waals surface area contributed by atoms with Gasteiger partial charge in [-0.05, 0) is 23.6 Å². The fourth-order valence-corrected chi connectivity index (χ4v) is 2.59. The van der Waals surface area contributed by atoms with Crippen LogP contribution in [0.1, 0.15) is 5.56 Å². The number of aromatic nitrogens is 1. The third kappa shape index (κ3) is 1.91. The lowest BCUT2D eigenvalue weighted by Gasteiger charge is -2.03. The zero-order valence-corrected chi connectivity index (χ0v) is 10.7. The summed E-state index contributed by atoms with van der Waals surface area (Å²) in [6.45, 7) is 0. The molecule has 0 spiro atoms. The van der Waals surface area contributed by atoms with Crippen LogP contribution < -0.4 is 0 Å². The van der Waals surface area contributed by atoms with Crippen LogP contribution in [0.2, 0.25) is 0 Å². The number of fused-ring (bicyclic) bond motifs is 1. The zero-order valence-electron chi connectivity index (χ0n) is 9.99. The fraction of sp³-hybridized carbons (Fsp3) is 0.125. The van der Waals surface area contributed by atoms with E-state index in [1.165, 1.54) is 27.7 Å². The van der Waals surface area contributed by atoms with Gasteiger partial charge in [0.1, 0.15) is 0 Å². The van der Waals surface area contributed by atoms with Crippen molar-refractivity contribution in [2.45, 2.75) is 6.42 Å². The number of alkyl halides is 1. The second kappa shape index (κ2) is 4.87. The van der Waals surface area contributed by atoms with Crippen LogP contribution in [0.5, 0.6) is 0 Å². The first-order chi connectivity index (χ1) is 8.90. The standard InChI is InChI=1S/C16H14ClN/c17-11-10-14-13-8-4-5-9-15(13)18-16(14)12-6-2-1-3-7-12/h1-9,18H,10-11H2. The molecule has 0 aliphatic rings. The van der Waals surface area contributed by atoms with Crippen LogP contribution in [0.15, 0.2) is 54.6 Å². The van der Waals surface area contributed by atoms with Gasteiger partial charge in [0.05, 0.1) is 0 Å². The van der Waals surface area contributed by atoms with E-state index in [0.29, 0.717) is 5.88 Å². The van der Waals surface area contributed by atoms with Gasteiger partial charge in [-0.3, -0.25) is 0 Å². The van der Waals surface area contributed by atoms with Gasteiger partial charge in [-0.15, -0.1) is 11.6 Å². The highest BCUT2D eigenvalue weighted by molar-refractivity contribution is 6.18. The number of nitrogens with one attached hydrogen (secondary N) is 1. The normalized spacial score (nSPS) is 10.9. The molecular weight excluding hydrogens is 242 g/mol. The first kappa shape index (κ1) is 11.4. The van der Waals surface area contributed by atoms with Crippen molar-refractivity contribution in [1.82, 2.24) is 4.98 Å². The van der Waals surface area contributed by atoms with Crippen LogP contribution >= 0.6 is 11.6 Å². The molecule has 90 valence electrons. The summed E-state index contributed by atoms with van der Waals surface area (Å²) in [4.78, 5) is 3.51. The molecule has 0 fully saturated rings. The highest BCUT2D eigenvalue weighted by Gasteiger charge is 2.11. The Labute approximate surface area is 111 Å². The van der Waals surface area contributed by atoms with E-state index in [4.69, 9.17) is 11.6 Å². The smallest absolute Gasteiger partial charge is 0.0497 e. The Morgan fingerprint density at radius 2 is 1.61 bits per heavy atom. The van der Waals surface area contributed by atoms with E-state index >= 15 is 0 Å².